The first-order valence-corrected chi connectivity index (χ1v) is 12.6. The molecule has 3 aromatic rings. The van der Waals surface area contributed by atoms with E-state index < -0.39 is 0 Å². The SMILES string of the molecule is CC(C)(C)[NH-].CC(C)(C)c1ccc2[cH-]c3ccc(C(C)(C)C)cc3c2c1.C[Si]C.[Cl-].[Cl-].[Ti+4]. The van der Waals surface area contributed by atoms with E-state index in [1.165, 1.54) is 32.7 Å². The van der Waals surface area contributed by atoms with Crippen molar-refractivity contribution in [3.63, 3.8) is 0 Å². The Morgan fingerprint density at radius 2 is 0.906 bits per heavy atom. The third-order valence-corrected chi connectivity index (χ3v) is 4.44. The normalized spacial score (nSPS) is 11.1. The Bertz CT molecular complexity index is 855. The van der Waals surface area contributed by atoms with E-state index in [4.69, 9.17) is 5.73 Å². The molecule has 0 fully saturated rings. The molecule has 3 rings (SSSR count). The summed E-state index contributed by atoms with van der Waals surface area (Å²) in [5, 5.41) is 5.49. The third-order valence-electron chi connectivity index (χ3n) is 4.44. The van der Waals surface area contributed by atoms with Crippen LogP contribution in [0.25, 0.3) is 27.3 Å². The molecule has 3 aromatic carbocycles. The van der Waals surface area contributed by atoms with Crippen LogP contribution in [0.5, 0.6) is 0 Å². The summed E-state index contributed by atoms with van der Waals surface area (Å²) in [6, 6.07) is 16.1. The molecule has 0 bridgehead atoms. The fourth-order valence-corrected chi connectivity index (χ4v) is 2.93. The molecule has 176 valence electrons. The van der Waals surface area contributed by atoms with Gasteiger partial charge in [0.2, 0.25) is 0 Å². The van der Waals surface area contributed by atoms with E-state index in [-0.39, 0.29) is 62.9 Å². The number of hydrogen-bond acceptors (Lipinski definition) is 0. The molecule has 32 heavy (non-hydrogen) atoms. The summed E-state index contributed by atoms with van der Waals surface area (Å²) in [6.07, 6.45) is 0. The molecule has 0 atom stereocenters. The molecule has 0 unspecified atom stereocenters. The molecular weight excluding hydrogens is 485 g/mol. The first-order valence-electron chi connectivity index (χ1n) is 10.6. The molecule has 5 heteroatoms. The first-order chi connectivity index (χ1) is 13.1. The number of halogens is 2. The Morgan fingerprint density at radius 1 is 0.656 bits per heavy atom. The van der Waals surface area contributed by atoms with Crippen LogP contribution in [0.1, 0.15) is 73.4 Å². The number of rotatable bonds is 0. The van der Waals surface area contributed by atoms with Crippen molar-refractivity contribution in [2.75, 3.05) is 0 Å². The maximum absolute atomic E-state index is 6.94. The van der Waals surface area contributed by atoms with Gasteiger partial charge in [0.1, 0.15) is 0 Å². The molecule has 2 radical (unpaired) electrons. The summed E-state index contributed by atoms with van der Waals surface area (Å²) in [5.41, 5.74) is 9.89. The predicted octanol–water partition coefficient (Wildman–Crippen LogP) is 2.94. The number of nitrogens with one attached hydrogen (secondary N) is 1. The van der Waals surface area contributed by atoms with Crippen LogP contribution in [0.3, 0.4) is 0 Å². The van der Waals surface area contributed by atoms with Crippen LogP contribution >= 0.6 is 0 Å². The van der Waals surface area contributed by atoms with Crippen LogP contribution in [0, 0.1) is 0 Å². The zero-order valence-electron chi connectivity index (χ0n) is 21.8. The fourth-order valence-electron chi connectivity index (χ4n) is 2.93. The van der Waals surface area contributed by atoms with Crippen LogP contribution in [0.2, 0.25) is 13.1 Å². The van der Waals surface area contributed by atoms with Crippen molar-refractivity contribution in [1.82, 2.24) is 0 Å². The van der Waals surface area contributed by atoms with Crippen molar-refractivity contribution in [3.05, 3.63) is 59.3 Å². The van der Waals surface area contributed by atoms with Crippen molar-refractivity contribution in [3.8, 4) is 0 Å². The van der Waals surface area contributed by atoms with Gasteiger partial charge in [-0.05, 0) is 10.8 Å². The summed E-state index contributed by atoms with van der Waals surface area (Å²) in [5.74, 6) is 0. The van der Waals surface area contributed by atoms with Gasteiger partial charge in [-0.25, -0.2) is 0 Å². The van der Waals surface area contributed by atoms with Crippen molar-refractivity contribution >= 4 is 31.1 Å². The van der Waals surface area contributed by atoms with Crippen LogP contribution < -0.4 is 24.8 Å². The van der Waals surface area contributed by atoms with E-state index in [1.54, 1.807) is 0 Å². The summed E-state index contributed by atoms with van der Waals surface area (Å²) >= 11 is 0. The van der Waals surface area contributed by atoms with Gasteiger partial charge < -0.3 is 30.5 Å². The number of fused-ring (bicyclic) bond motifs is 3. The van der Waals surface area contributed by atoms with E-state index in [1.807, 2.05) is 20.8 Å². The van der Waals surface area contributed by atoms with E-state index in [0.29, 0.717) is 0 Å². The van der Waals surface area contributed by atoms with Gasteiger partial charge in [0.25, 0.3) is 0 Å². The zero-order valence-corrected chi connectivity index (χ0v) is 25.9. The molecule has 0 aliphatic carbocycles. The van der Waals surface area contributed by atoms with Gasteiger partial charge in [0.05, 0.1) is 0 Å². The Balaban J connectivity index is -0.000000669. The van der Waals surface area contributed by atoms with E-state index in [0.717, 1.165) is 9.52 Å². The van der Waals surface area contributed by atoms with Gasteiger partial charge in [-0.2, -0.15) is 0 Å². The molecule has 0 saturated carbocycles. The predicted molar refractivity (Wildman–Crippen MR) is 136 cm³/mol. The van der Waals surface area contributed by atoms with Gasteiger partial charge in [-0.3, -0.25) is 0 Å². The van der Waals surface area contributed by atoms with Gasteiger partial charge in [-0.1, -0.05) is 111 Å². The van der Waals surface area contributed by atoms with Gasteiger partial charge in [-0.15, -0.1) is 45.3 Å². The van der Waals surface area contributed by atoms with E-state index >= 15 is 0 Å². The Hall–Kier alpha value is -0.219. The second kappa shape index (κ2) is 14.2. The number of benzene rings is 2. The van der Waals surface area contributed by atoms with Crippen LogP contribution in [-0.2, 0) is 32.5 Å². The zero-order chi connectivity index (χ0) is 22.6. The molecular formula is C27H41Cl2NSiTi. The Labute approximate surface area is 227 Å². The first kappa shape index (κ1) is 36.4. The summed E-state index contributed by atoms with van der Waals surface area (Å²) in [7, 11) is 1.08. The molecule has 1 nitrogen and oxygen atoms in total. The van der Waals surface area contributed by atoms with Crippen molar-refractivity contribution in [2.45, 2.75) is 91.8 Å². The molecule has 0 aliphatic heterocycles. The molecule has 0 aliphatic rings. The van der Waals surface area contributed by atoms with Crippen molar-refractivity contribution in [2.24, 2.45) is 0 Å². The summed E-state index contributed by atoms with van der Waals surface area (Å²) in [4.78, 5) is 0. The van der Waals surface area contributed by atoms with Crippen LogP contribution in [0.15, 0.2) is 42.5 Å². The fraction of sp³-hybridized carbons (Fsp3) is 0.519. The maximum atomic E-state index is 6.94. The van der Waals surface area contributed by atoms with E-state index in [2.05, 4.69) is 97.1 Å². The third kappa shape index (κ3) is 11.8. The summed E-state index contributed by atoms with van der Waals surface area (Å²) < 4.78 is 0. The Morgan fingerprint density at radius 3 is 1.12 bits per heavy atom. The van der Waals surface area contributed by atoms with Gasteiger partial charge in [0, 0.05) is 9.52 Å². The van der Waals surface area contributed by atoms with Crippen LogP contribution in [0.4, 0.5) is 0 Å². The summed E-state index contributed by atoms with van der Waals surface area (Å²) in [6.45, 7) is 23.5. The topological polar surface area (TPSA) is 23.8 Å². The maximum Gasteiger partial charge on any atom is 4.00 e. The van der Waals surface area contributed by atoms with Crippen LogP contribution in [-0.4, -0.2) is 15.1 Å². The average Bonchev–Trinajstić information content (AvgIpc) is 2.89. The molecule has 0 heterocycles. The second-order valence-electron chi connectivity index (χ2n) is 11.0. The largest absolute Gasteiger partial charge is 4.00 e. The van der Waals surface area contributed by atoms with Crippen molar-refractivity contribution < 1.29 is 46.5 Å². The van der Waals surface area contributed by atoms with E-state index in [9.17, 15) is 0 Å². The smallest absolute Gasteiger partial charge is 1.00 e. The monoisotopic (exact) mass is 525 g/mol. The number of hydrogen-bond donors (Lipinski definition) is 0. The molecule has 0 spiro atoms. The van der Waals surface area contributed by atoms with Crippen molar-refractivity contribution in [1.29, 1.82) is 0 Å². The standard InChI is InChI=1S/C21H25.C4H10N.C2H6Si.2ClH.Ti/c1-20(2,3)16-9-7-14-11-15-8-10-17(21(4,5)6)13-19(15)18(14)12-16;1-4(2,3)5;1-3-2;;;/h7-13H,1-6H3;5H,1-3H3;1-2H3;2*1H;/q2*-1;;;;+4/p-2. The minimum absolute atomic E-state index is 0. The van der Waals surface area contributed by atoms with Gasteiger partial charge in [0.15, 0.2) is 0 Å². The average molecular weight is 526 g/mol. The minimum atomic E-state index is -0.250. The molecule has 0 aromatic heterocycles. The molecule has 0 saturated heterocycles. The minimum Gasteiger partial charge on any atom is -1.00 e. The van der Waals surface area contributed by atoms with Gasteiger partial charge >= 0.3 is 21.7 Å². The quantitative estimate of drug-likeness (QED) is 0.318. The second-order valence-corrected chi connectivity index (χ2v) is 12.0. The molecule has 1 N–H and O–H groups in total. The molecule has 0 amide bonds. The Kier molecular flexibility index (Phi) is 16.2.